The Balaban J connectivity index is 2.10. The largest absolute Gasteiger partial charge is 0.370 e. The zero-order valence-corrected chi connectivity index (χ0v) is 11.6. The maximum Gasteiger partial charge on any atom is 0.130 e. The van der Waals surface area contributed by atoms with Crippen molar-refractivity contribution in [1.82, 2.24) is 15.0 Å². The number of anilines is 1. The topological polar surface area (TPSA) is 50.7 Å². The first-order valence-electron chi connectivity index (χ1n) is 6.71. The van der Waals surface area contributed by atoms with Gasteiger partial charge in [0.1, 0.15) is 11.6 Å². The average Bonchev–Trinajstić information content (AvgIpc) is 2.46. The minimum atomic E-state index is 0.756. The minimum absolute atomic E-state index is 0.756. The molecule has 0 atom stereocenters. The molecule has 2 heterocycles. The Morgan fingerprint density at radius 2 is 1.95 bits per heavy atom. The van der Waals surface area contributed by atoms with E-state index in [9.17, 15) is 0 Å². The lowest BCUT2D eigenvalue weighted by molar-refractivity contribution is 1.04. The summed E-state index contributed by atoms with van der Waals surface area (Å²) in [7, 11) is 0. The molecule has 0 aliphatic rings. The van der Waals surface area contributed by atoms with Crippen LogP contribution < -0.4 is 5.32 Å². The van der Waals surface area contributed by atoms with E-state index < -0.39 is 0 Å². The number of rotatable bonds is 3. The highest BCUT2D eigenvalue weighted by Gasteiger charge is 2.05. The second-order valence-electron chi connectivity index (χ2n) is 4.63. The Morgan fingerprint density at radius 3 is 2.80 bits per heavy atom. The molecular weight excluding hydrogens is 248 g/mol. The third-order valence-corrected chi connectivity index (χ3v) is 3.08. The van der Waals surface area contributed by atoms with Crippen LogP contribution in [0.4, 0.5) is 5.82 Å². The molecule has 0 unspecified atom stereocenters. The van der Waals surface area contributed by atoms with Gasteiger partial charge in [-0.2, -0.15) is 0 Å². The standard InChI is InChI=1S/C16H16N4/c1-3-17-16-9-15(19-11(2)20-16)13-8-12-6-4-5-7-14(12)18-10-13/h4-10H,3H2,1-2H3,(H,17,19,20). The van der Waals surface area contributed by atoms with Crippen LogP contribution in [0.2, 0.25) is 0 Å². The number of nitrogens with one attached hydrogen (secondary N) is 1. The van der Waals surface area contributed by atoms with Crippen molar-refractivity contribution >= 4 is 16.7 Å². The normalized spacial score (nSPS) is 10.7. The molecule has 0 aliphatic carbocycles. The molecule has 0 radical (unpaired) electrons. The highest BCUT2D eigenvalue weighted by Crippen LogP contribution is 2.22. The molecular formula is C16H16N4. The molecule has 1 aromatic carbocycles. The molecule has 0 saturated heterocycles. The van der Waals surface area contributed by atoms with Crippen LogP contribution in [-0.2, 0) is 0 Å². The van der Waals surface area contributed by atoms with E-state index in [1.165, 1.54) is 0 Å². The zero-order chi connectivity index (χ0) is 13.9. The van der Waals surface area contributed by atoms with Gasteiger partial charge in [-0.05, 0) is 26.0 Å². The summed E-state index contributed by atoms with van der Waals surface area (Å²) in [5.41, 5.74) is 2.90. The molecule has 0 saturated carbocycles. The number of pyridine rings is 1. The number of aryl methyl sites for hydroxylation is 1. The molecule has 0 spiro atoms. The van der Waals surface area contributed by atoms with E-state index in [2.05, 4.69) is 39.3 Å². The summed E-state index contributed by atoms with van der Waals surface area (Å²) in [6.45, 7) is 4.79. The van der Waals surface area contributed by atoms with E-state index in [0.717, 1.165) is 40.3 Å². The summed E-state index contributed by atoms with van der Waals surface area (Å²) < 4.78 is 0. The van der Waals surface area contributed by atoms with Crippen molar-refractivity contribution in [3.05, 3.63) is 48.4 Å². The van der Waals surface area contributed by atoms with Crippen LogP contribution >= 0.6 is 0 Å². The average molecular weight is 264 g/mol. The number of hydrogen-bond donors (Lipinski definition) is 1. The van der Waals surface area contributed by atoms with E-state index >= 15 is 0 Å². The molecule has 1 N–H and O–H groups in total. The van der Waals surface area contributed by atoms with Crippen molar-refractivity contribution in [2.45, 2.75) is 13.8 Å². The first-order chi connectivity index (χ1) is 9.76. The molecule has 3 rings (SSSR count). The van der Waals surface area contributed by atoms with Gasteiger partial charge in [0.25, 0.3) is 0 Å². The van der Waals surface area contributed by atoms with Gasteiger partial charge in [0.05, 0.1) is 11.2 Å². The SMILES string of the molecule is CCNc1cc(-c2cnc3ccccc3c2)nc(C)n1. The van der Waals surface area contributed by atoms with Crippen molar-refractivity contribution in [3.8, 4) is 11.3 Å². The zero-order valence-electron chi connectivity index (χ0n) is 11.6. The fraction of sp³-hybridized carbons (Fsp3) is 0.188. The van der Waals surface area contributed by atoms with Crippen LogP contribution in [0.3, 0.4) is 0 Å². The number of fused-ring (bicyclic) bond motifs is 1. The highest BCUT2D eigenvalue weighted by molar-refractivity contribution is 5.83. The van der Waals surface area contributed by atoms with Crippen LogP contribution in [0.25, 0.3) is 22.2 Å². The minimum Gasteiger partial charge on any atom is -0.370 e. The summed E-state index contributed by atoms with van der Waals surface area (Å²) >= 11 is 0. The first-order valence-corrected chi connectivity index (χ1v) is 6.71. The van der Waals surface area contributed by atoms with Crippen LogP contribution in [0, 0.1) is 6.92 Å². The fourth-order valence-electron chi connectivity index (χ4n) is 2.20. The lowest BCUT2D eigenvalue weighted by atomic mass is 10.1. The molecule has 3 aromatic rings. The highest BCUT2D eigenvalue weighted by atomic mass is 15.0. The molecule has 20 heavy (non-hydrogen) atoms. The predicted octanol–water partition coefficient (Wildman–Crippen LogP) is 3.43. The predicted molar refractivity (Wildman–Crippen MR) is 81.7 cm³/mol. The second-order valence-corrected chi connectivity index (χ2v) is 4.63. The van der Waals surface area contributed by atoms with Gasteiger partial charge in [-0.25, -0.2) is 9.97 Å². The van der Waals surface area contributed by atoms with E-state index in [1.54, 1.807) is 0 Å². The summed E-state index contributed by atoms with van der Waals surface area (Å²) in [5.74, 6) is 1.61. The Kier molecular flexibility index (Phi) is 3.29. The third kappa shape index (κ3) is 2.45. The van der Waals surface area contributed by atoms with Crippen molar-refractivity contribution in [1.29, 1.82) is 0 Å². The molecule has 0 amide bonds. The van der Waals surface area contributed by atoms with Gasteiger partial charge in [-0.1, -0.05) is 18.2 Å². The van der Waals surface area contributed by atoms with Crippen LogP contribution in [0.5, 0.6) is 0 Å². The van der Waals surface area contributed by atoms with Crippen molar-refractivity contribution in [3.63, 3.8) is 0 Å². The van der Waals surface area contributed by atoms with Gasteiger partial charge in [-0.15, -0.1) is 0 Å². The van der Waals surface area contributed by atoms with E-state index in [-0.39, 0.29) is 0 Å². The molecule has 0 fully saturated rings. The lowest BCUT2D eigenvalue weighted by Gasteiger charge is -2.07. The van der Waals surface area contributed by atoms with Crippen LogP contribution in [-0.4, -0.2) is 21.5 Å². The Labute approximate surface area is 117 Å². The van der Waals surface area contributed by atoms with E-state index in [4.69, 9.17) is 0 Å². The molecule has 0 aliphatic heterocycles. The molecule has 4 nitrogen and oxygen atoms in total. The first kappa shape index (κ1) is 12.5. The Hall–Kier alpha value is -2.49. The quantitative estimate of drug-likeness (QED) is 0.787. The van der Waals surface area contributed by atoms with E-state index in [0.29, 0.717) is 0 Å². The molecule has 100 valence electrons. The number of aromatic nitrogens is 3. The summed E-state index contributed by atoms with van der Waals surface area (Å²) in [6, 6.07) is 12.2. The third-order valence-electron chi connectivity index (χ3n) is 3.08. The van der Waals surface area contributed by atoms with Crippen molar-refractivity contribution in [2.24, 2.45) is 0 Å². The monoisotopic (exact) mass is 264 g/mol. The Morgan fingerprint density at radius 1 is 1.10 bits per heavy atom. The molecule has 4 heteroatoms. The molecule has 2 aromatic heterocycles. The number of hydrogen-bond acceptors (Lipinski definition) is 4. The number of para-hydroxylation sites is 1. The van der Waals surface area contributed by atoms with Gasteiger partial charge in [0.2, 0.25) is 0 Å². The van der Waals surface area contributed by atoms with Crippen LogP contribution in [0.1, 0.15) is 12.7 Å². The fourth-order valence-corrected chi connectivity index (χ4v) is 2.20. The van der Waals surface area contributed by atoms with Gasteiger partial charge < -0.3 is 5.32 Å². The maximum atomic E-state index is 4.50. The van der Waals surface area contributed by atoms with E-state index in [1.807, 2.05) is 37.4 Å². The maximum absolute atomic E-state index is 4.50. The van der Waals surface area contributed by atoms with Crippen LogP contribution in [0.15, 0.2) is 42.6 Å². The van der Waals surface area contributed by atoms with Gasteiger partial charge in [0, 0.05) is 29.8 Å². The summed E-state index contributed by atoms with van der Waals surface area (Å²) in [4.78, 5) is 13.4. The lowest BCUT2D eigenvalue weighted by Crippen LogP contribution is -2.02. The smallest absolute Gasteiger partial charge is 0.130 e. The van der Waals surface area contributed by atoms with Crippen molar-refractivity contribution < 1.29 is 0 Å². The van der Waals surface area contributed by atoms with Gasteiger partial charge in [0.15, 0.2) is 0 Å². The molecule has 0 bridgehead atoms. The summed E-state index contributed by atoms with van der Waals surface area (Å²) in [5, 5.41) is 4.34. The van der Waals surface area contributed by atoms with Gasteiger partial charge >= 0.3 is 0 Å². The second kappa shape index (κ2) is 5.25. The number of nitrogens with zero attached hydrogens (tertiary/aromatic N) is 3. The summed E-state index contributed by atoms with van der Waals surface area (Å²) in [6.07, 6.45) is 1.86. The number of benzene rings is 1. The van der Waals surface area contributed by atoms with Gasteiger partial charge in [-0.3, -0.25) is 4.98 Å². The Bertz CT molecular complexity index is 752. The van der Waals surface area contributed by atoms with Crippen molar-refractivity contribution in [2.75, 3.05) is 11.9 Å².